The molecule has 3 heterocycles. The van der Waals surface area contributed by atoms with Crippen LogP contribution in [0.2, 0.25) is 0 Å². The topological polar surface area (TPSA) is 64.0 Å². The van der Waals surface area contributed by atoms with Crippen molar-refractivity contribution < 1.29 is 4.79 Å². The van der Waals surface area contributed by atoms with Crippen LogP contribution in [-0.4, -0.2) is 27.8 Å². The number of thioether (sulfide) groups is 1. The summed E-state index contributed by atoms with van der Waals surface area (Å²) in [6.45, 7) is 4.80. The van der Waals surface area contributed by atoms with Crippen LogP contribution in [0.5, 0.6) is 0 Å². The first-order valence-corrected chi connectivity index (χ1v) is 13.2. The molecule has 0 unspecified atom stereocenters. The lowest BCUT2D eigenvalue weighted by Gasteiger charge is -2.13. The summed E-state index contributed by atoms with van der Waals surface area (Å²) >= 11 is 4.38. The third-order valence-corrected chi connectivity index (χ3v) is 7.99. The molecule has 0 radical (unpaired) electrons. The van der Waals surface area contributed by atoms with Gasteiger partial charge in [0.2, 0.25) is 5.91 Å². The fourth-order valence-electron chi connectivity index (χ4n) is 3.69. The van der Waals surface area contributed by atoms with Gasteiger partial charge in [-0.2, -0.15) is 0 Å². The summed E-state index contributed by atoms with van der Waals surface area (Å²) in [6.07, 6.45) is 9.75. The van der Waals surface area contributed by atoms with Crippen LogP contribution < -0.4 is 10.9 Å². The van der Waals surface area contributed by atoms with Crippen LogP contribution >= 0.6 is 34.4 Å². The molecule has 8 heteroatoms. The maximum atomic E-state index is 13.3. The SMILES string of the molecule is C=CCn1c(SCC(=O)NCCC2=CCCCC2)nc2scc(-c3cccs3)c2c1=O. The maximum Gasteiger partial charge on any atom is 0.263 e. The van der Waals surface area contributed by atoms with E-state index in [0.29, 0.717) is 28.5 Å². The lowest BCUT2D eigenvalue weighted by atomic mass is 9.97. The monoisotopic (exact) mass is 471 g/mol. The third kappa shape index (κ3) is 5.19. The number of fused-ring (bicyclic) bond motifs is 1. The first kappa shape index (κ1) is 22.0. The van der Waals surface area contributed by atoms with Gasteiger partial charge in [0.1, 0.15) is 4.83 Å². The van der Waals surface area contributed by atoms with Crippen LogP contribution in [0.4, 0.5) is 0 Å². The molecule has 5 nitrogen and oxygen atoms in total. The number of thiophene rings is 2. The molecule has 1 aliphatic carbocycles. The Hall–Kier alpha value is -2.16. The molecule has 3 aromatic heterocycles. The molecule has 162 valence electrons. The van der Waals surface area contributed by atoms with Crippen molar-refractivity contribution >= 4 is 50.6 Å². The van der Waals surface area contributed by atoms with Crippen LogP contribution in [0, 0.1) is 0 Å². The van der Waals surface area contributed by atoms with Crippen molar-refractivity contribution in [3.8, 4) is 10.4 Å². The first-order chi connectivity index (χ1) is 15.2. The van der Waals surface area contributed by atoms with Crippen molar-refractivity contribution in [2.75, 3.05) is 12.3 Å². The van der Waals surface area contributed by atoms with Crippen LogP contribution in [0.15, 0.2) is 57.1 Å². The van der Waals surface area contributed by atoms with E-state index in [-0.39, 0.29) is 17.2 Å². The molecular formula is C23H25N3O2S3. The summed E-state index contributed by atoms with van der Waals surface area (Å²) in [4.78, 5) is 32.1. The van der Waals surface area contributed by atoms with Gasteiger partial charge in [-0.25, -0.2) is 4.98 Å². The van der Waals surface area contributed by atoms with Crippen LogP contribution in [0.1, 0.15) is 32.1 Å². The summed E-state index contributed by atoms with van der Waals surface area (Å²) in [6, 6.07) is 3.99. The number of carbonyl (C=O) groups excluding carboxylic acids is 1. The first-order valence-electron chi connectivity index (χ1n) is 10.4. The average Bonchev–Trinajstić information content (AvgIpc) is 3.45. The van der Waals surface area contributed by atoms with E-state index in [9.17, 15) is 9.59 Å². The zero-order valence-corrected chi connectivity index (χ0v) is 19.7. The molecule has 0 saturated heterocycles. The Morgan fingerprint density at radius 1 is 1.35 bits per heavy atom. The van der Waals surface area contributed by atoms with Gasteiger partial charge in [0.25, 0.3) is 5.56 Å². The van der Waals surface area contributed by atoms with E-state index in [1.54, 1.807) is 22.0 Å². The number of amides is 1. The summed E-state index contributed by atoms with van der Waals surface area (Å²) < 4.78 is 1.62. The van der Waals surface area contributed by atoms with Crippen molar-refractivity contribution in [3.63, 3.8) is 0 Å². The molecular weight excluding hydrogens is 446 g/mol. The van der Waals surface area contributed by atoms with Gasteiger partial charge in [-0.05, 0) is 43.6 Å². The average molecular weight is 472 g/mol. The van der Waals surface area contributed by atoms with E-state index in [4.69, 9.17) is 4.98 Å². The van der Waals surface area contributed by atoms with Gasteiger partial charge < -0.3 is 5.32 Å². The number of hydrogen-bond donors (Lipinski definition) is 1. The smallest absolute Gasteiger partial charge is 0.263 e. The van der Waals surface area contributed by atoms with E-state index in [1.807, 2.05) is 22.9 Å². The molecule has 0 bridgehead atoms. The molecule has 31 heavy (non-hydrogen) atoms. The van der Waals surface area contributed by atoms with Gasteiger partial charge >= 0.3 is 0 Å². The van der Waals surface area contributed by atoms with E-state index in [1.165, 1.54) is 41.5 Å². The molecule has 0 atom stereocenters. The number of carbonyl (C=O) groups is 1. The second kappa shape index (κ2) is 10.4. The minimum absolute atomic E-state index is 0.0358. The predicted molar refractivity (Wildman–Crippen MR) is 132 cm³/mol. The number of nitrogens with one attached hydrogen (secondary N) is 1. The molecule has 0 aliphatic heterocycles. The summed E-state index contributed by atoms with van der Waals surface area (Å²) in [5.74, 6) is 0.198. The third-order valence-electron chi connectivity index (χ3n) is 5.24. The zero-order valence-electron chi connectivity index (χ0n) is 17.3. The van der Waals surface area contributed by atoms with Gasteiger partial charge in [0, 0.05) is 28.9 Å². The minimum atomic E-state index is -0.0818. The fraction of sp³-hybridized carbons (Fsp3) is 0.348. The van der Waals surface area contributed by atoms with Crippen molar-refractivity contribution in [1.29, 1.82) is 0 Å². The second-order valence-corrected chi connectivity index (χ2v) is 10.2. The summed E-state index contributed by atoms with van der Waals surface area (Å²) in [5, 5.41) is 8.19. The van der Waals surface area contributed by atoms with Gasteiger partial charge in [0.05, 0.1) is 11.1 Å². The van der Waals surface area contributed by atoms with Crippen LogP contribution in [0.25, 0.3) is 20.7 Å². The van der Waals surface area contributed by atoms with Gasteiger partial charge in [-0.3, -0.25) is 14.2 Å². The number of aromatic nitrogens is 2. The number of hydrogen-bond acceptors (Lipinski definition) is 6. The van der Waals surface area contributed by atoms with Crippen molar-refractivity contribution in [3.05, 3.63) is 57.6 Å². The molecule has 3 aromatic rings. The normalized spacial score (nSPS) is 13.9. The fourth-order valence-corrected chi connectivity index (χ4v) is 6.34. The number of allylic oxidation sites excluding steroid dienone is 2. The Labute approximate surface area is 193 Å². The molecule has 1 N–H and O–H groups in total. The highest BCUT2D eigenvalue weighted by Crippen LogP contribution is 2.34. The molecule has 0 saturated carbocycles. The Morgan fingerprint density at radius 2 is 2.26 bits per heavy atom. The lowest BCUT2D eigenvalue weighted by Crippen LogP contribution is -2.28. The van der Waals surface area contributed by atoms with Crippen molar-refractivity contribution in [1.82, 2.24) is 14.9 Å². The van der Waals surface area contributed by atoms with E-state index >= 15 is 0 Å². The van der Waals surface area contributed by atoms with Gasteiger partial charge in [-0.1, -0.05) is 35.6 Å². The Morgan fingerprint density at radius 3 is 3.00 bits per heavy atom. The molecule has 0 aromatic carbocycles. The summed E-state index contributed by atoms with van der Waals surface area (Å²) in [5.41, 5.74) is 2.30. The molecule has 4 rings (SSSR count). The molecule has 0 fully saturated rings. The van der Waals surface area contributed by atoms with Crippen LogP contribution in [0.3, 0.4) is 0 Å². The minimum Gasteiger partial charge on any atom is -0.355 e. The van der Waals surface area contributed by atoms with Crippen molar-refractivity contribution in [2.24, 2.45) is 0 Å². The van der Waals surface area contributed by atoms with Crippen molar-refractivity contribution in [2.45, 2.75) is 43.8 Å². The highest BCUT2D eigenvalue weighted by atomic mass is 32.2. The predicted octanol–water partition coefficient (Wildman–Crippen LogP) is 5.47. The molecule has 1 amide bonds. The number of rotatable bonds is 9. The lowest BCUT2D eigenvalue weighted by molar-refractivity contribution is -0.118. The van der Waals surface area contributed by atoms with Gasteiger partial charge in [-0.15, -0.1) is 29.3 Å². The second-order valence-electron chi connectivity index (χ2n) is 7.40. The largest absolute Gasteiger partial charge is 0.355 e. The quantitative estimate of drug-likeness (QED) is 0.255. The highest BCUT2D eigenvalue weighted by molar-refractivity contribution is 7.99. The number of nitrogens with zero attached hydrogens (tertiary/aromatic N) is 2. The van der Waals surface area contributed by atoms with Gasteiger partial charge in [0.15, 0.2) is 5.16 Å². The summed E-state index contributed by atoms with van der Waals surface area (Å²) in [7, 11) is 0. The Bertz CT molecular complexity index is 1160. The zero-order chi connectivity index (χ0) is 21.6. The molecule has 1 aliphatic rings. The van der Waals surface area contributed by atoms with Crippen LogP contribution in [-0.2, 0) is 11.3 Å². The Kier molecular flexibility index (Phi) is 7.42. The van der Waals surface area contributed by atoms with E-state index in [2.05, 4.69) is 18.0 Å². The highest BCUT2D eigenvalue weighted by Gasteiger charge is 2.18. The molecule has 0 spiro atoms. The van der Waals surface area contributed by atoms with E-state index < -0.39 is 0 Å². The Balaban J connectivity index is 1.47. The maximum absolute atomic E-state index is 13.3. The van der Waals surface area contributed by atoms with E-state index in [0.717, 1.165) is 29.7 Å². The standard InChI is InChI=1S/C23H25N3O2S3/c1-2-12-26-22(28)20-17(18-9-6-13-29-18)14-30-21(20)25-23(26)31-15-19(27)24-11-10-16-7-4-3-5-8-16/h2,6-7,9,13-14H,1,3-5,8,10-12,15H2,(H,24,27).